The molecular formula is C22H29N3O8S2. The average molecular weight is 528 g/mol. The molecule has 0 spiro atoms. The molecule has 0 heterocycles. The number of fused-ring (bicyclic) bond motifs is 1. The van der Waals surface area contributed by atoms with Gasteiger partial charge in [0.25, 0.3) is 10.1 Å². The van der Waals surface area contributed by atoms with E-state index in [9.17, 15) is 32.5 Å². The van der Waals surface area contributed by atoms with Crippen LogP contribution in [0.5, 0.6) is 0 Å². The van der Waals surface area contributed by atoms with Crippen LogP contribution in [-0.4, -0.2) is 72.3 Å². The molecule has 0 fully saturated rings. The van der Waals surface area contributed by atoms with Crippen molar-refractivity contribution in [2.24, 2.45) is 0 Å². The SMILES string of the molecule is CC(C)(C)OC(=O)NC(CSCC(=O)NCCNc1cccc2c(S(=O)(=O)O)cccc12)C(=O)O. The lowest BCUT2D eigenvalue weighted by molar-refractivity contribution is -0.138. The van der Waals surface area contributed by atoms with Crippen molar-refractivity contribution in [3.05, 3.63) is 36.4 Å². The molecule has 0 aromatic heterocycles. The van der Waals surface area contributed by atoms with E-state index in [1.54, 1.807) is 45.0 Å². The molecule has 13 heteroatoms. The highest BCUT2D eigenvalue weighted by atomic mass is 32.2. The Hall–Kier alpha value is -3.03. The van der Waals surface area contributed by atoms with Gasteiger partial charge in [-0.1, -0.05) is 24.3 Å². The Morgan fingerprint density at radius 3 is 2.34 bits per heavy atom. The van der Waals surface area contributed by atoms with Gasteiger partial charge in [-0.3, -0.25) is 9.35 Å². The van der Waals surface area contributed by atoms with E-state index in [1.165, 1.54) is 12.1 Å². The molecular weight excluding hydrogens is 498 g/mol. The van der Waals surface area contributed by atoms with Crippen LogP contribution in [0.2, 0.25) is 0 Å². The second-order valence-electron chi connectivity index (χ2n) is 8.46. The number of nitrogens with one attached hydrogen (secondary N) is 3. The maximum Gasteiger partial charge on any atom is 0.408 e. The van der Waals surface area contributed by atoms with Crippen LogP contribution < -0.4 is 16.0 Å². The van der Waals surface area contributed by atoms with E-state index >= 15 is 0 Å². The predicted octanol–water partition coefficient (Wildman–Crippen LogP) is 2.33. The lowest BCUT2D eigenvalue weighted by Crippen LogP contribution is -2.45. The number of anilines is 1. The maximum absolute atomic E-state index is 12.1. The summed E-state index contributed by atoms with van der Waals surface area (Å²) in [5.41, 5.74) is -0.131. The first-order valence-electron chi connectivity index (χ1n) is 10.6. The van der Waals surface area contributed by atoms with Gasteiger partial charge in [-0.15, -0.1) is 11.8 Å². The molecule has 0 aliphatic rings. The van der Waals surface area contributed by atoms with E-state index in [2.05, 4.69) is 16.0 Å². The standard InChI is InChI=1S/C22H29N3O8S2/c1-22(2,3)33-21(29)25-17(20(27)28)12-34-13-19(26)24-11-10-23-16-8-4-7-15-14(16)6-5-9-18(15)35(30,31)32/h4-9,17,23H,10-13H2,1-3H3,(H,24,26)(H,25,29)(H,27,28)(H,30,31,32). The third-order valence-corrected chi connectivity index (χ3v) is 6.38. The van der Waals surface area contributed by atoms with Gasteiger partial charge in [-0.25, -0.2) is 9.59 Å². The molecule has 0 saturated heterocycles. The molecule has 5 N–H and O–H groups in total. The number of aliphatic carboxylic acids is 1. The fraction of sp³-hybridized carbons (Fsp3) is 0.409. The minimum atomic E-state index is -4.37. The van der Waals surface area contributed by atoms with Crippen LogP contribution >= 0.6 is 11.8 Å². The molecule has 192 valence electrons. The number of rotatable bonds is 11. The van der Waals surface area contributed by atoms with Gasteiger partial charge in [-0.2, -0.15) is 8.42 Å². The number of hydrogen-bond acceptors (Lipinski definition) is 8. The van der Waals surface area contributed by atoms with Crippen LogP contribution in [0.15, 0.2) is 41.3 Å². The molecule has 1 atom stereocenters. The van der Waals surface area contributed by atoms with Gasteiger partial charge in [0.2, 0.25) is 5.91 Å². The quantitative estimate of drug-likeness (QED) is 0.216. The van der Waals surface area contributed by atoms with Crippen LogP contribution in [-0.2, 0) is 24.4 Å². The molecule has 0 aliphatic heterocycles. The summed E-state index contributed by atoms with van der Waals surface area (Å²) in [5, 5.41) is 18.3. The molecule has 2 aromatic rings. The predicted molar refractivity (Wildman–Crippen MR) is 133 cm³/mol. The first-order valence-corrected chi connectivity index (χ1v) is 13.2. The highest BCUT2D eigenvalue weighted by Gasteiger charge is 2.24. The Kier molecular flexibility index (Phi) is 9.74. The van der Waals surface area contributed by atoms with E-state index in [1.807, 2.05) is 0 Å². The normalized spacial score (nSPS) is 12.6. The fourth-order valence-electron chi connectivity index (χ4n) is 3.00. The Morgan fingerprint density at radius 2 is 1.71 bits per heavy atom. The highest BCUT2D eigenvalue weighted by molar-refractivity contribution is 8.00. The van der Waals surface area contributed by atoms with Crippen molar-refractivity contribution in [3.8, 4) is 0 Å². The van der Waals surface area contributed by atoms with Crippen LogP contribution in [0.25, 0.3) is 10.8 Å². The molecule has 11 nitrogen and oxygen atoms in total. The van der Waals surface area contributed by atoms with E-state index < -0.39 is 33.8 Å². The summed E-state index contributed by atoms with van der Waals surface area (Å²) in [4.78, 5) is 35.0. The van der Waals surface area contributed by atoms with E-state index in [0.717, 1.165) is 11.8 Å². The van der Waals surface area contributed by atoms with E-state index in [-0.39, 0.29) is 28.9 Å². The second-order valence-corrected chi connectivity index (χ2v) is 10.9. The third-order valence-electron chi connectivity index (χ3n) is 4.43. The summed E-state index contributed by atoms with van der Waals surface area (Å²) < 4.78 is 37.7. The Bertz CT molecular complexity index is 1180. The van der Waals surface area contributed by atoms with Gasteiger partial charge < -0.3 is 25.8 Å². The summed E-state index contributed by atoms with van der Waals surface area (Å²) in [6, 6.07) is 8.34. The number of alkyl carbamates (subject to hydrolysis) is 1. The first-order chi connectivity index (χ1) is 16.3. The topological polar surface area (TPSA) is 171 Å². The number of thioether (sulfide) groups is 1. The Balaban J connectivity index is 1.80. The summed E-state index contributed by atoms with van der Waals surface area (Å²) in [6.07, 6.45) is -0.849. The van der Waals surface area contributed by atoms with Crippen molar-refractivity contribution in [2.75, 3.05) is 29.9 Å². The number of hydrogen-bond donors (Lipinski definition) is 5. The van der Waals surface area contributed by atoms with E-state index in [4.69, 9.17) is 4.74 Å². The zero-order valence-electron chi connectivity index (χ0n) is 19.5. The van der Waals surface area contributed by atoms with Crippen molar-refractivity contribution >= 4 is 56.3 Å². The lowest BCUT2D eigenvalue weighted by Gasteiger charge is -2.21. The molecule has 35 heavy (non-hydrogen) atoms. The smallest absolute Gasteiger partial charge is 0.408 e. The van der Waals surface area contributed by atoms with Crippen LogP contribution in [0, 0.1) is 0 Å². The number of ether oxygens (including phenoxy) is 1. The fourth-order valence-corrected chi connectivity index (χ4v) is 4.58. The van der Waals surface area contributed by atoms with Crippen LogP contribution in [0.1, 0.15) is 20.8 Å². The Morgan fingerprint density at radius 1 is 1.06 bits per heavy atom. The van der Waals surface area contributed by atoms with Crippen molar-refractivity contribution in [1.82, 2.24) is 10.6 Å². The molecule has 2 aromatic carbocycles. The number of carboxylic acids is 1. The first kappa shape index (κ1) is 28.2. The minimum absolute atomic E-state index is 0.00817. The third kappa shape index (κ3) is 9.26. The van der Waals surface area contributed by atoms with Gasteiger partial charge in [0.1, 0.15) is 16.5 Å². The number of carbonyl (C=O) groups excluding carboxylic acids is 2. The van der Waals surface area contributed by atoms with Gasteiger partial charge in [0.15, 0.2) is 0 Å². The zero-order valence-corrected chi connectivity index (χ0v) is 21.2. The van der Waals surface area contributed by atoms with Gasteiger partial charge in [-0.05, 0) is 32.9 Å². The lowest BCUT2D eigenvalue weighted by atomic mass is 10.1. The van der Waals surface area contributed by atoms with Crippen molar-refractivity contribution in [2.45, 2.75) is 37.3 Å². The number of carbonyl (C=O) groups is 3. The summed E-state index contributed by atoms with van der Waals surface area (Å²) in [5.74, 6) is -1.58. The van der Waals surface area contributed by atoms with E-state index in [0.29, 0.717) is 23.0 Å². The molecule has 2 rings (SSSR count). The maximum atomic E-state index is 12.1. The highest BCUT2D eigenvalue weighted by Crippen LogP contribution is 2.28. The van der Waals surface area contributed by atoms with Gasteiger partial charge in [0.05, 0.1) is 5.75 Å². The van der Waals surface area contributed by atoms with Gasteiger partial charge >= 0.3 is 12.1 Å². The molecule has 2 amide bonds. The van der Waals surface area contributed by atoms with Crippen molar-refractivity contribution < 1.29 is 37.2 Å². The summed E-state index contributed by atoms with van der Waals surface area (Å²) in [7, 11) is -4.37. The molecule has 0 saturated carbocycles. The minimum Gasteiger partial charge on any atom is -0.480 e. The second kappa shape index (κ2) is 12.1. The molecule has 0 bridgehead atoms. The largest absolute Gasteiger partial charge is 0.480 e. The molecule has 0 radical (unpaired) electrons. The Labute approximate surface area is 207 Å². The molecule has 0 aliphatic carbocycles. The number of benzene rings is 2. The number of amides is 2. The summed E-state index contributed by atoms with van der Waals surface area (Å²) in [6.45, 7) is 5.57. The number of carboxylic acid groups (broad SMARTS) is 1. The average Bonchev–Trinajstić information content (AvgIpc) is 2.73. The van der Waals surface area contributed by atoms with Crippen molar-refractivity contribution in [1.29, 1.82) is 0 Å². The van der Waals surface area contributed by atoms with Crippen molar-refractivity contribution in [3.63, 3.8) is 0 Å². The van der Waals surface area contributed by atoms with Crippen LogP contribution in [0.4, 0.5) is 10.5 Å². The zero-order chi connectivity index (χ0) is 26.2. The van der Waals surface area contributed by atoms with Gasteiger partial charge in [0, 0.05) is 35.3 Å². The van der Waals surface area contributed by atoms with Crippen LogP contribution in [0.3, 0.4) is 0 Å². The monoisotopic (exact) mass is 527 g/mol. The molecule has 1 unspecified atom stereocenters. The summed E-state index contributed by atoms with van der Waals surface area (Å²) >= 11 is 1.05.